The van der Waals surface area contributed by atoms with E-state index in [-0.39, 0.29) is 23.2 Å². The van der Waals surface area contributed by atoms with Crippen molar-refractivity contribution in [1.82, 2.24) is 24.6 Å². The topological polar surface area (TPSA) is 85.2 Å². The van der Waals surface area contributed by atoms with Crippen LogP contribution in [-0.4, -0.2) is 57.3 Å². The number of hydrogen-bond acceptors (Lipinski definition) is 6. The van der Waals surface area contributed by atoms with Crippen LogP contribution >= 0.6 is 0 Å². The Morgan fingerprint density at radius 2 is 2.12 bits per heavy atom. The van der Waals surface area contributed by atoms with Gasteiger partial charge in [-0.2, -0.15) is 0 Å². The summed E-state index contributed by atoms with van der Waals surface area (Å²) in [7, 11) is 2.03. The number of aromatic nitrogens is 4. The van der Waals surface area contributed by atoms with Gasteiger partial charge in [-0.15, -0.1) is 10.2 Å². The molecule has 2 aliphatic heterocycles. The first-order valence-electron chi connectivity index (χ1n) is 11.5. The number of nitrogens with one attached hydrogen (secondary N) is 1. The van der Waals surface area contributed by atoms with Gasteiger partial charge >= 0.3 is 0 Å². The van der Waals surface area contributed by atoms with E-state index in [2.05, 4.69) is 32.3 Å². The molecule has 8 nitrogen and oxygen atoms in total. The monoisotopic (exact) mass is 462 g/mol. The van der Waals surface area contributed by atoms with Crippen LogP contribution < -0.4 is 10.1 Å². The second-order valence-corrected chi connectivity index (χ2v) is 8.83. The Hall–Kier alpha value is -3.59. The maximum atomic E-state index is 15.1. The average molecular weight is 463 g/mol. The molecule has 1 N–H and O–H groups in total. The van der Waals surface area contributed by atoms with Crippen LogP contribution in [0.3, 0.4) is 0 Å². The predicted molar refractivity (Wildman–Crippen MR) is 127 cm³/mol. The number of fused-ring (bicyclic) bond motifs is 5. The first-order valence-corrected chi connectivity index (χ1v) is 11.5. The molecule has 0 saturated carbocycles. The summed E-state index contributed by atoms with van der Waals surface area (Å²) < 4.78 is 23.0. The lowest BCUT2D eigenvalue weighted by molar-refractivity contribution is 0.102. The third-order valence-electron chi connectivity index (χ3n) is 6.36. The molecule has 2 aromatic heterocycles. The molecular formula is C25H27FN6O2. The number of rotatable bonds is 1. The van der Waals surface area contributed by atoms with E-state index in [9.17, 15) is 4.79 Å². The fourth-order valence-corrected chi connectivity index (χ4v) is 4.37. The van der Waals surface area contributed by atoms with E-state index in [1.54, 1.807) is 18.5 Å². The average Bonchev–Trinajstić information content (AvgIpc) is 3.32. The van der Waals surface area contributed by atoms with Crippen molar-refractivity contribution in [1.29, 1.82) is 0 Å². The first kappa shape index (κ1) is 22.2. The molecule has 5 rings (SSSR count). The molecule has 9 heteroatoms. The minimum absolute atomic E-state index is 0.117. The van der Waals surface area contributed by atoms with Gasteiger partial charge in [-0.05, 0) is 57.0 Å². The molecule has 1 amide bonds. The van der Waals surface area contributed by atoms with Crippen LogP contribution in [0.25, 0.3) is 17.1 Å². The van der Waals surface area contributed by atoms with E-state index in [4.69, 9.17) is 4.74 Å². The zero-order chi connectivity index (χ0) is 23.7. The summed E-state index contributed by atoms with van der Waals surface area (Å²) in [5.41, 5.74) is 2.25. The standard InChI is InChI=1S/C25H27FN6O2/c1-16-5-4-12-34-22-14-20(26)18(17-8-10-31(2)11-9-17)13-19(22)25(33)29-23-7-3-6-21(28-23)24-30-27-15-32(16)24/h3,6-8,13-16H,4-5,9-12H2,1-2H3,(H,28,29,33). The van der Waals surface area contributed by atoms with Gasteiger partial charge in [-0.3, -0.25) is 4.79 Å². The molecule has 2 bridgehead atoms. The molecule has 34 heavy (non-hydrogen) atoms. The number of amides is 1. The van der Waals surface area contributed by atoms with Crippen LogP contribution in [0.4, 0.5) is 10.2 Å². The second-order valence-electron chi connectivity index (χ2n) is 8.83. The van der Waals surface area contributed by atoms with Crippen molar-refractivity contribution in [3.63, 3.8) is 0 Å². The second kappa shape index (κ2) is 9.34. The smallest absolute Gasteiger partial charge is 0.260 e. The first-order chi connectivity index (χ1) is 16.5. The van der Waals surface area contributed by atoms with E-state index in [0.29, 0.717) is 35.9 Å². The number of carbonyl (C=O) groups is 1. The van der Waals surface area contributed by atoms with Gasteiger partial charge < -0.3 is 19.5 Å². The zero-order valence-corrected chi connectivity index (χ0v) is 19.3. The predicted octanol–water partition coefficient (Wildman–Crippen LogP) is 4.18. The van der Waals surface area contributed by atoms with Gasteiger partial charge in [0.15, 0.2) is 5.82 Å². The van der Waals surface area contributed by atoms with Crippen LogP contribution in [0.2, 0.25) is 0 Å². The van der Waals surface area contributed by atoms with Crippen molar-refractivity contribution in [2.45, 2.75) is 32.2 Å². The van der Waals surface area contributed by atoms with Gasteiger partial charge in [0.1, 0.15) is 29.4 Å². The lowest BCUT2D eigenvalue weighted by Gasteiger charge is -2.23. The van der Waals surface area contributed by atoms with Crippen molar-refractivity contribution in [2.75, 3.05) is 32.1 Å². The zero-order valence-electron chi connectivity index (χ0n) is 19.3. The van der Waals surface area contributed by atoms with E-state index >= 15 is 4.39 Å². The van der Waals surface area contributed by atoms with Gasteiger partial charge in [0, 0.05) is 30.8 Å². The largest absolute Gasteiger partial charge is 0.493 e. The highest BCUT2D eigenvalue weighted by Gasteiger charge is 2.22. The fourth-order valence-electron chi connectivity index (χ4n) is 4.37. The summed E-state index contributed by atoms with van der Waals surface area (Å²) in [6.07, 6.45) is 5.93. The maximum Gasteiger partial charge on any atom is 0.260 e. The van der Waals surface area contributed by atoms with Crippen molar-refractivity contribution in [3.05, 3.63) is 59.7 Å². The number of halogens is 1. The minimum Gasteiger partial charge on any atom is -0.493 e. The molecule has 1 atom stereocenters. The molecule has 176 valence electrons. The normalized spacial score (nSPS) is 19.2. The van der Waals surface area contributed by atoms with Crippen LogP contribution in [0.5, 0.6) is 5.75 Å². The Kier molecular flexibility index (Phi) is 6.10. The summed E-state index contributed by atoms with van der Waals surface area (Å²) in [5.74, 6) is 0.461. The number of carbonyl (C=O) groups excluding carboxylic acids is 1. The van der Waals surface area contributed by atoms with Gasteiger partial charge in [0.05, 0.1) is 12.2 Å². The van der Waals surface area contributed by atoms with Crippen LogP contribution in [0.15, 0.2) is 42.7 Å². The van der Waals surface area contributed by atoms with E-state index in [1.807, 2.05) is 29.8 Å². The van der Waals surface area contributed by atoms with Crippen LogP contribution in [-0.2, 0) is 0 Å². The van der Waals surface area contributed by atoms with Crippen LogP contribution in [0, 0.1) is 5.82 Å². The summed E-state index contributed by atoms with van der Waals surface area (Å²) in [4.78, 5) is 20.1. The molecule has 0 fully saturated rings. The van der Waals surface area contributed by atoms with E-state index < -0.39 is 5.91 Å². The van der Waals surface area contributed by atoms with Gasteiger partial charge in [0.2, 0.25) is 0 Å². The molecule has 4 heterocycles. The van der Waals surface area contributed by atoms with Crippen molar-refractivity contribution < 1.29 is 13.9 Å². The third-order valence-corrected chi connectivity index (χ3v) is 6.36. The van der Waals surface area contributed by atoms with Gasteiger partial charge in [-0.25, -0.2) is 9.37 Å². The van der Waals surface area contributed by atoms with Crippen molar-refractivity contribution >= 4 is 17.3 Å². The molecule has 0 radical (unpaired) electrons. The Morgan fingerprint density at radius 3 is 2.94 bits per heavy atom. The van der Waals surface area contributed by atoms with Gasteiger partial charge in [-0.1, -0.05) is 12.1 Å². The highest BCUT2D eigenvalue weighted by molar-refractivity contribution is 6.06. The Balaban J connectivity index is 1.55. The number of nitrogens with zero attached hydrogens (tertiary/aromatic N) is 5. The number of anilines is 1. The molecule has 3 aromatic rings. The number of benzene rings is 1. The Bertz CT molecular complexity index is 1250. The molecular weight excluding hydrogens is 435 g/mol. The molecule has 0 spiro atoms. The molecule has 1 aromatic carbocycles. The number of likely N-dealkylation sites (N-methyl/N-ethyl adjacent to an activating group) is 1. The van der Waals surface area contributed by atoms with Crippen LogP contribution in [0.1, 0.15) is 48.1 Å². The minimum atomic E-state index is -0.402. The lowest BCUT2D eigenvalue weighted by Crippen LogP contribution is -2.24. The summed E-state index contributed by atoms with van der Waals surface area (Å²) >= 11 is 0. The molecule has 1 unspecified atom stereocenters. The molecule has 0 aliphatic carbocycles. The van der Waals surface area contributed by atoms with Crippen molar-refractivity contribution in [2.24, 2.45) is 0 Å². The summed E-state index contributed by atoms with van der Waals surface area (Å²) in [5, 5.41) is 11.1. The van der Waals surface area contributed by atoms with E-state index in [0.717, 1.165) is 31.5 Å². The summed E-state index contributed by atoms with van der Waals surface area (Å²) in [6, 6.07) is 8.41. The Labute approximate surface area is 197 Å². The maximum absolute atomic E-state index is 15.1. The SMILES string of the molecule is CC1CCCOc2cc(F)c(C3=CCN(C)CC3)cc2C(=O)Nc2cccc(n2)-c2nncn21. The fraction of sp³-hybridized carbons (Fsp3) is 0.360. The summed E-state index contributed by atoms with van der Waals surface area (Å²) in [6.45, 7) is 4.02. The van der Waals surface area contributed by atoms with Crippen molar-refractivity contribution in [3.8, 4) is 17.3 Å². The quantitative estimate of drug-likeness (QED) is 0.584. The molecule has 2 aliphatic rings. The molecule has 0 saturated heterocycles. The number of pyridine rings is 1. The lowest BCUT2D eigenvalue weighted by atomic mass is 9.96. The Morgan fingerprint density at radius 1 is 1.24 bits per heavy atom. The highest BCUT2D eigenvalue weighted by atomic mass is 19.1. The highest BCUT2D eigenvalue weighted by Crippen LogP contribution is 2.32. The number of hydrogen-bond donors (Lipinski definition) is 1. The van der Waals surface area contributed by atoms with E-state index in [1.165, 1.54) is 6.07 Å². The van der Waals surface area contributed by atoms with Gasteiger partial charge in [0.25, 0.3) is 5.91 Å². The third kappa shape index (κ3) is 4.43. The number of ether oxygens (including phenoxy) is 1.